The second kappa shape index (κ2) is 9.49. The van der Waals surface area contributed by atoms with Crippen LogP contribution in [0.1, 0.15) is 31.8 Å². The van der Waals surface area contributed by atoms with E-state index in [2.05, 4.69) is 5.32 Å². The lowest BCUT2D eigenvalue weighted by molar-refractivity contribution is -0.384. The molecule has 1 amide bonds. The number of hydrogen-bond acceptors (Lipinski definition) is 6. The molecule has 4 aromatic rings. The SMILES string of the molecule is O=C(c1ccc([N+](=O)[O-])cc1)[C@@H]1[C@H](C(=O)c2ccc(Cl)cc2)[C@@]2(C(=O)Nc3ccccc32)[C@@H]2C=Cc3ccccc3N12. The topological polar surface area (TPSA) is 110 Å². The van der Waals surface area contributed by atoms with Crippen LogP contribution in [0.15, 0.2) is 103 Å². The first-order valence-corrected chi connectivity index (χ1v) is 13.7. The number of ketones is 2. The van der Waals surface area contributed by atoms with Gasteiger partial charge in [-0.25, -0.2) is 0 Å². The van der Waals surface area contributed by atoms with Gasteiger partial charge in [-0.2, -0.15) is 0 Å². The first kappa shape index (κ1) is 25.9. The molecule has 206 valence electrons. The van der Waals surface area contributed by atoms with Crippen molar-refractivity contribution in [3.05, 3.63) is 141 Å². The minimum Gasteiger partial charge on any atom is -0.352 e. The second-order valence-corrected chi connectivity index (χ2v) is 11.0. The fourth-order valence-corrected chi connectivity index (χ4v) is 6.96. The van der Waals surface area contributed by atoms with Crippen molar-refractivity contribution in [1.82, 2.24) is 0 Å². The van der Waals surface area contributed by atoms with Gasteiger partial charge in [0.25, 0.3) is 5.69 Å². The number of Topliss-reactive ketones (excluding diaryl/α,β-unsaturated/α-hetero) is 2. The number of amides is 1. The third-order valence-electron chi connectivity index (χ3n) is 8.58. The highest BCUT2D eigenvalue weighted by Gasteiger charge is 2.70. The molecule has 8 nitrogen and oxygen atoms in total. The predicted molar refractivity (Wildman–Crippen MR) is 159 cm³/mol. The Balaban J connectivity index is 1.51. The average molecular weight is 576 g/mol. The van der Waals surface area contributed by atoms with E-state index in [9.17, 15) is 24.5 Å². The highest BCUT2D eigenvalue weighted by molar-refractivity contribution is 6.30. The van der Waals surface area contributed by atoms with Gasteiger partial charge in [-0.1, -0.05) is 60.2 Å². The Labute approximate surface area is 245 Å². The van der Waals surface area contributed by atoms with Crippen molar-refractivity contribution in [2.24, 2.45) is 5.92 Å². The van der Waals surface area contributed by atoms with Crippen LogP contribution in [0.4, 0.5) is 17.1 Å². The van der Waals surface area contributed by atoms with E-state index in [1.165, 1.54) is 24.3 Å². The molecule has 1 saturated heterocycles. The van der Waals surface area contributed by atoms with Crippen LogP contribution < -0.4 is 10.2 Å². The molecule has 3 heterocycles. The molecule has 0 unspecified atom stereocenters. The number of nitro groups is 1. The fraction of sp³-hybridized carbons (Fsp3) is 0.121. The minimum absolute atomic E-state index is 0.156. The van der Waals surface area contributed by atoms with Crippen LogP contribution in [0, 0.1) is 16.0 Å². The number of fused-ring (bicyclic) bond motifs is 6. The number of carbonyl (C=O) groups excluding carboxylic acids is 3. The first-order valence-electron chi connectivity index (χ1n) is 13.4. The summed E-state index contributed by atoms with van der Waals surface area (Å²) in [4.78, 5) is 56.3. The molecule has 0 aliphatic carbocycles. The summed E-state index contributed by atoms with van der Waals surface area (Å²) < 4.78 is 0. The van der Waals surface area contributed by atoms with Crippen LogP contribution in [0.3, 0.4) is 0 Å². The number of carbonyl (C=O) groups is 3. The molecule has 0 aromatic heterocycles. The summed E-state index contributed by atoms with van der Waals surface area (Å²) in [6.45, 7) is 0. The molecular formula is C33H22ClN3O5. The summed E-state index contributed by atoms with van der Waals surface area (Å²) in [5.41, 5.74) is 1.71. The van der Waals surface area contributed by atoms with Crippen LogP contribution in [0.25, 0.3) is 6.08 Å². The lowest BCUT2D eigenvalue weighted by Gasteiger charge is -2.37. The highest BCUT2D eigenvalue weighted by atomic mass is 35.5. The molecule has 0 saturated carbocycles. The molecule has 3 aliphatic rings. The summed E-state index contributed by atoms with van der Waals surface area (Å²) in [5, 5.41) is 14.8. The number of hydrogen-bond donors (Lipinski definition) is 1. The molecule has 1 fully saturated rings. The largest absolute Gasteiger partial charge is 0.352 e. The second-order valence-electron chi connectivity index (χ2n) is 10.6. The Morgan fingerprint density at radius 3 is 2.24 bits per heavy atom. The smallest absolute Gasteiger partial charge is 0.269 e. The molecule has 1 spiro atoms. The van der Waals surface area contributed by atoms with Crippen molar-refractivity contribution >= 4 is 52.2 Å². The zero-order valence-corrected chi connectivity index (χ0v) is 22.7. The van der Waals surface area contributed by atoms with Gasteiger partial charge < -0.3 is 10.2 Å². The molecule has 4 atom stereocenters. The Morgan fingerprint density at radius 1 is 0.857 bits per heavy atom. The van der Waals surface area contributed by atoms with Gasteiger partial charge in [-0.05, 0) is 59.7 Å². The maximum Gasteiger partial charge on any atom is 0.269 e. The van der Waals surface area contributed by atoms with Crippen LogP contribution in [-0.2, 0) is 10.2 Å². The van der Waals surface area contributed by atoms with Gasteiger partial charge in [0.1, 0.15) is 11.5 Å². The molecule has 42 heavy (non-hydrogen) atoms. The number of nitrogens with zero attached hydrogens (tertiary/aromatic N) is 2. The maximum atomic E-state index is 14.7. The Hall–Kier alpha value is -5.08. The lowest BCUT2D eigenvalue weighted by Crippen LogP contribution is -2.51. The van der Waals surface area contributed by atoms with Gasteiger partial charge >= 0.3 is 0 Å². The third-order valence-corrected chi connectivity index (χ3v) is 8.84. The van der Waals surface area contributed by atoms with Crippen LogP contribution in [0.2, 0.25) is 5.02 Å². The Morgan fingerprint density at radius 2 is 1.50 bits per heavy atom. The van der Waals surface area contributed by atoms with Gasteiger partial charge in [0, 0.05) is 39.7 Å². The number of benzene rings is 4. The monoisotopic (exact) mass is 575 g/mol. The lowest BCUT2D eigenvalue weighted by atomic mass is 9.64. The van der Waals surface area contributed by atoms with E-state index in [1.807, 2.05) is 59.5 Å². The van der Waals surface area contributed by atoms with Gasteiger partial charge in [0.2, 0.25) is 5.91 Å². The van der Waals surface area contributed by atoms with Crippen LogP contribution >= 0.6 is 11.6 Å². The van der Waals surface area contributed by atoms with E-state index in [0.717, 1.165) is 5.56 Å². The molecule has 1 N–H and O–H groups in total. The quantitative estimate of drug-likeness (QED) is 0.175. The van der Waals surface area contributed by atoms with E-state index in [4.69, 9.17) is 11.6 Å². The minimum atomic E-state index is -1.45. The summed E-state index contributed by atoms with van der Waals surface area (Å²) in [7, 11) is 0. The van der Waals surface area contributed by atoms with E-state index < -0.39 is 34.1 Å². The Kier molecular flexibility index (Phi) is 5.85. The fourth-order valence-electron chi connectivity index (χ4n) is 6.83. The summed E-state index contributed by atoms with van der Waals surface area (Å²) in [5.74, 6) is -2.31. The summed E-state index contributed by atoms with van der Waals surface area (Å²) in [6.07, 6.45) is 3.82. The maximum absolute atomic E-state index is 14.7. The number of halogens is 1. The van der Waals surface area contributed by atoms with Gasteiger partial charge in [-0.3, -0.25) is 24.5 Å². The summed E-state index contributed by atoms with van der Waals surface area (Å²) >= 11 is 6.14. The van der Waals surface area contributed by atoms with Gasteiger partial charge in [-0.15, -0.1) is 0 Å². The first-order chi connectivity index (χ1) is 20.3. The van der Waals surface area contributed by atoms with Crippen molar-refractivity contribution in [2.75, 3.05) is 10.2 Å². The van der Waals surface area contributed by atoms with Crippen LogP contribution in [0.5, 0.6) is 0 Å². The third kappa shape index (κ3) is 3.58. The van der Waals surface area contributed by atoms with Crippen molar-refractivity contribution in [1.29, 1.82) is 0 Å². The number of non-ortho nitro benzene ring substituents is 1. The van der Waals surface area contributed by atoms with Crippen molar-refractivity contribution in [3.8, 4) is 0 Å². The van der Waals surface area contributed by atoms with Crippen molar-refractivity contribution in [2.45, 2.75) is 17.5 Å². The van der Waals surface area contributed by atoms with Crippen molar-refractivity contribution < 1.29 is 19.3 Å². The van der Waals surface area contributed by atoms with E-state index >= 15 is 0 Å². The predicted octanol–water partition coefficient (Wildman–Crippen LogP) is 6.10. The molecule has 7 rings (SSSR count). The Bertz CT molecular complexity index is 1840. The molecule has 4 aromatic carbocycles. The summed E-state index contributed by atoms with van der Waals surface area (Å²) in [6, 6.07) is 24.8. The standard InChI is InChI=1S/C33H22ClN3O5/c34-22-14-9-20(10-15-22)30(38)28-29(31(39)21-11-16-23(17-12-21)37(41)42)36-26-8-4-1-5-19(26)13-18-27(36)33(28)24-6-2-3-7-25(24)35-32(33)40/h1-18,27-29H,(H,35,40)/t27-,28+,29-,33-/m0/s1. The van der Waals surface area contributed by atoms with Crippen LogP contribution in [-0.4, -0.2) is 34.5 Å². The molecule has 0 bridgehead atoms. The zero-order valence-electron chi connectivity index (χ0n) is 21.9. The number of rotatable bonds is 5. The van der Waals surface area contributed by atoms with E-state index in [0.29, 0.717) is 27.5 Å². The van der Waals surface area contributed by atoms with Crippen molar-refractivity contribution in [3.63, 3.8) is 0 Å². The van der Waals surface area contributed by atoms with E-state index in [-0.39, 0.29) is 22.9 Å². The number of nitrogens with one attached hydrogen (secondary N) is 1. The highest BCUT2D eigenvalue weighted by Crippen LogP contribution is 2.58. The normalized spacial score (nSPS) is 23.2. The average Bonchev–Trinajstić information content (AvgIpc) is 3.49. The number of anilines is 2. The molecule has 9 heteroatoms. The molecule has 0 radical (unpaired) electrons. The number of nitro benzene ring substituents is 1. The van der Waals surface area contributed by atoms with E-state index in [1.54, 1.807) is 30.3 Å². The van der Waals surface area contributed by atoms with Gasteiger partial charge in [0.05, 0.1) is 16.9 Å². The number of para-hydroxylation sites is 2. The molecular weight excluding hydrogens is 554 g/mol. The zero-order chi connectivity index (χ0) is 29.2. The van der Waals surface area contributed by atoms with Gasteiger partial charge in [0.15, 0.2) is 11.6 Å². The molecule has 3 aliphatic heterocycles.